The fourth-order valence-electron chi connectivity index (χ4n) is 2.21. The Labute approximate surface area is 120 Å². The molecule has 0 saturated heterocycles. The topological polar surface area (TPSA) is 85.9 Å². The SMILES string of the molecule is O=[N+]([O-])c1c(NCCn2ccnc2)ccc2ncccc12. The van der Waals surface area contributed by atoms with Crippen LogP contribution in [0.2, 0.25) is 0 Å². The van der Waals surface area contributed by atoms with Crippen molar-refractivity contribution in [1.82, 2.24) is 14.5 Å². The second kappa shape index (κ2) is 5.58. The summed E-state index contributed by atoms with van der Waals surface area (Å²) in [4.78, 5) is 19.1. The Bertz CT molecular complexity index is 770. The van der Waals surface area contributed by atoms with Crippen molar-refractivity contribution in [2.24, 2.45) is 0 Å². The standard InChI is InChI=1S/C14H13N5O2/c20-19(21)14-11-2-1-5-16-12(11)3-4-13(14)17-7-9-18-8-6-15-10-18/h1-6,8,10,17H,7,9H2. The quantitative estimate of drug-likeness (QED) is 0.574. The number of nitrogens with one attached hydrogen (secondary N) is 1. The molecule has 0 amide bonds. The van der Waals surface area contributed by atoms with Crippen LogP contribution in [0.25, 0.3) is 10.9 Å². The predicted molar refractivity (Wildman–Crippen MR) is 79.1 cm³/mol. The predicted octanol–water partition coefficient (Wildman–Crippen LogP) is 2.45. The maximum atomic E-state index is 11.4. The molecule has 0 aliphatic rings. The van der Waals surface area contributed by atoms with Crippen molar-refractivity contribution in [1.29, 1.82) is 0 Å². The molecule has 2 aromatic heterocycles. The first-order valence-corrected chi connectivity index (χ1v) is 6.47. The van der Waals surface area contributed by atoms with E-state index in [9.17, 15) is 10.1 Å². The minimum absolute atomic E-state index is 0.0613. The summed E-state index contributed by atoms with van der Waals surface area (Å²) in [7, 11) is 0. The summed E-state index contributed by atoms with van der Waals surface area (Å²) >= 11 is 0. The minimum atomic E-state index is -0.371. The van der Waals surface area contributed by atoms with Gasteiger partial charge in [0.05, 0.1) is 22.2 Å². The fraction of sp³-hybridized carbons (Fsp3) is 0.143. The number of imidazole rings is 1. The fourth-order valence-corrected chi connectivity index (χ4v) is 2.21. The van der Waals surface area contributed by atoms with E-state index in [2.05, 4.69) is 15.3 Å². The maximum Gasteiger partial charge on any atom is 0.301 e. The molecule has 0 aliphatic heterocycles. The van der Waals surface area contributed by atoms with E-state index in [-0.39, 0.29) is 10.6 Å². The lowest BCUT2D eigenvalue weighted by Gasteiger charge is -2.09. The third kappa shape index (κ3) is 2.66. The number of nitro benzene ring substituents is 1. The number of fused-ring (bicyclic) bond motifs is 1. The average molecular weight is 283 g/mol. The van der Waals surface area contributed by atoms with E-state index in [0.717, 1.165) is 0 Å². The van der Waals surface area contributed by atoms with Crippen LogP contribution in [0, 0.1) is 10.1 Å². The lowest BCUT2D eigenvalue weighted by molar-refractivity contribution is -0.382. The molecule has 0 saturated carbocycles. The first kappa shape index (κ1) is 13.0. The highest BCUT2D eigenvalue weighted by Crippen LogP contribution is 2.32. The molecule has 7 heteroatoms. The molecule has 0 unspecified atom stereocenters. The van der Waals surface area contributed by atoms with E-state index in [0.29, 0.717) is 29.7 Å². The van der Waals surface area contributed by atoms with Gasteiger partial charge in [-0.3, -0.25) is 15.1 Å². The normalized spacial score (nSPS) is 10.7. The van der Waals surface area contributed by atoms with Crippen LogP contribution in [-0.4, -0.2) is 26.0 Å². The van der Waals surface area contributed by atoms with Crippen molar-refractivity contribution in [2.75, 3.05) is 11.9 Å². The highest BCUT2D eigenvalue weighted by atomic mass is 16.6. The van der Waals surface area contributed by atoms with E-state index >= 15 is 0 Å². The summed E-state index contributed by atoms with van der Waals surface area (Å²) in [6.07, 6.45) is 6.88. The molecular weight excluding hydrogens is 270 g/mol. The molecular formula is C14H13N5O2. The molecule has 2 heterocycles. The minimum Gasteiger partial charge on any atom is -0.378 e. The smallest absolute Gasteiger partial charge is 0.301 e. The Morgan fingerprint density at radius 1 is 1.29 bits per heavy atom. The number of pyridine rings is 1. The van der Waals surface area contributed by atoms with Crippen LogP contribution in [0.3, 0.4) is 0 Å². The Morgan fingerprint density at radius 2 is 2.19 bits per heavy atom. The Morgan fingerprint density at radius 3 is 2.95 bits per heavy atom. The van der Waals surface area contributed by atoms with Gasteiger partial charge in [0.15, 0.2) is 0 Å². The van der Waals surface area contributed by atoms with Crippen LogP contribution in [0.4, 0.5) is 11.4 Å². The first-order chi connectivity index (χ1) is 10.3. The summed E-state index contributed by atoms with van der Waals surface area (Å²) < 4.78 is 1.90. The summed E-state index contributed by atoms with van der Waals surface area (Å²) in [5.41, 5.74) is 1.18. The molecule has 0 fully saturated rings. The molecule has 0 bridgehead atoms. The molecule has 0 spiro atoms. The van der Waals surface area contributed by atoms with E-state index in [1.165, 1.54) is 0 Å². The number of aromatic nitrogens is 3. The molecule has 21 heavy (non-hydrogen) atoms. The van der Waals surface area contributed by atoms with Crippen LogP contribution in [0.15, 0.2) is 49.2 Å². The molecule has 0 radical (unpaired) electrons. The maximum absolute atomic E-state index is 11.4. The molecule has 0 aliphatic carbocycles. The van der Waals surface area contributed by atoms with Gasteiger partial charge < -0.3 is 9.88 Å². The highest BCUT2D eigenvalue weighted by molar-refractivity contribution is 5.94. The molecule has 1 N–H and O–H groups in total. The summed E-state index contributed by atoms with van der Waals surface area (Å²) in [5, 5.41) is 15.0. The summed E-state index contributed by atoms with van der Waals surface area (Å²) in [6.45, 7) is 1.26. The largest absolute Gasteiger partial charge is 0.378 e. The number of nitro groups is 1. The number of rotatable bonds is 5. The second-order valence-corrected chi connectivity index (χ2v) is 4.52. The number of nitrogens with zero attached hydrogens (tertiary/aromatic N) is 4. The van der Waals surface area contributed by atoms with E-state index in [1.54, 1.807) is 43.0 Å². The third-order valence-electron chi connectivity index (χ3n) is 3.18. The zero-order valence-electron chi connectivity index (χ0n) is 11.1. The van der Waals surface area contributed by atoms with Crippen LogP contribution in [0.1, 0.15) is 0 Å². The van der Waals surface area contributed by atoms with Gasteiger partial charge in [0.2, 0.25) is 0 Å². The monoisotopic (exact) mass is 283 g/mol. The lowest BCUT2D eigenvalue weighted by Crippen LogP contribution is -2.10. The van der Waals surface area contributed by atoms with Gasteiger partial charge in [0, 0.05) is 31.7 Å². The highest BCUT2D eigenvalue weighted by Gasteiger charge is 2.18. The van der Waals surface area contributed by atoms with Gasteiger partial charge in [-0.2, -0.15) is 0 Å². The third-order valence-corrected chi connectivity index (χ3v) is 3.18. The molecule has 106 valence electrons. The molecule has 0 atom stereocenters. The van der Waals surface area contributed by atoms with E-state index < -0.39 is 0 Å². The number of anilines is 1. The first-order valence-electron chi connectivity index (χ1n) is 6.47. The van der Waals surface area contributed by atoms with E-state index in [1.807, 2.05) is 10.8 Å². The zero-order valence-corrected chi connectivity index (χ0v) is 11.1. The number of hydrogen-bond donors (Lipinski definition) is 1. The zero-order chi connectivity index (χ0) is 14.7. The van der Waals surface area contributed by atoms with Crippen LogP contribution in [0.5, 0.6) is 0 Å². The van der Waals surface area contributed by atoms with Crippen LogP contribution < -0.4 is 5.32 Å². The van der Waals surface area contributed by atoms with Crippen molar-refractivity contribution < 1.29 is 4.92 Å². The number of hydrogen-bond acceptors (Lipinski definition) is 5. The van der Waals surface area contributed by atoms with Crippen molar-refractivity contribution in [3.05, 3.63) is 59.3 Å². The Kier molecular flexibility index (Phi) is 3.46. The molecule has 1 aromatic carbocycles. The summed E-state index contributed by atoms with van der Waals surface area (Å²) in [5.74, 6) is 0. The molecule has 7 nitrogen and oxygen atoms in total. The van der Waals surface area contributed by atoms with Gasteiger partial charge in [-0.05, 0) is 24.3 Å². The molecule has 3 rings (SSSR count). The van der Waals surface area contributed by atoms with E-state index in [4.69, 9.17) is 0 Å². The second-order valence-electron chi connectivity index (χ2n) is 4.52. The van der Waals surface area contributed by atoms with Crippen molar-refractivity contribution in [3.8, 4) is 0 Å². The molecule has 3 aromatic rings. The van der Waals surface area contributed by atoms with Crippen molar-refractivity contribution >= 4 is 22.3 Å². The number of benzene rings is 1. The van der Waals surface area contributed by atoms with Gasteiger partial charge in [-0.15, -0.1) is 0 Å². The van der Waals surface area contributed by atoms with Gasteiger partial charge in [0.1, 0.15) is 5.69 Å². The van der Waals surface area contributed by atoms with Gasteiger partial charge >= 0.3 is 5.69 Å². The van der Waals surface area contributed by atoms with Crippen molar-refractivity contribution in [3.63, 3.8) is 0 Å². The summed E-state index contributed by atoms with van der Waals surface area (Å²) in [6, 6.07) is 6.88. The van der Waals surface area contributed by atoms with Gasteiger partial charge in [0.25, 0.3) is 0 Å². The van der Waals surface area contributed by atoms with Crippen molar-refractivity contribution in [2.45, 2.75) is 6.54 Å². The van der Waals surface area contributed by atoms with Gasteiger partial charge in [-0.25, -0.2) is 4.98 Å². The lowest BCUT2D eigenvalue weighted by atomic mass is 10.1. The average Bonchev–Trinajstić information content (AvgIpc) is 3.00. The Hall–Kier alpha value is -2.96. The van der Waals surface area contributed by atoms with Crippen LogP contribution >= 0.6 is 0 Å². The van der Waals surface area contributed by atoms with Gasteiger partial charge in [-0.1, -0.05) is 0 Å². The Balaban J connectivity index is 1.87. The van der Waals surface area contributed by atoms with Crippen LogP contribution in [-0.2, 0) is 6.54 Å².